The van der Waals surface area contributed by atoms with Crippen LogP contribution in [0, 0.1) is 0 Å². The normalized spacial score (nSPS) is 17.5. The van der Waals surface area contributed by atoms with Gasteiger partial charge in [-0.2, -0.15) is 0 Å². The Balaban J connectivity index is 1.86. The van der Waals surface area contributed by atoms with Crippen molar-refractivity contribution in [3.8, 4) is 5.75 Å². The van der Waals surface area contributed by atoms with Crippen molar-refractivity contribution in [1.29, 1.82) is 0 Å². The summed E-state index contributed by atoms with van der Waals surface area (Å²) in [5, 5.41) is 2.60. The lowest BCUT2D eigenvalue weighted by Crippen LogP contribution is -2.59. The first-order valence-corrected chi connectivity index (χ1v) is 9.13. The summed E-state index contributed by atoms with van der Waals surface area (Å²) in [6.45, 7) is 1.59. The fourth-order valence-electron chi connectivity index (χ4n) is 3.41. The maximum atomic E-state index is 13.3. The molecule has 1 aromatic rings. The molecule has 9 nitrogen and oxygen atoms in total. The van der Waals surface area contributed by atoms with Gasteiger partial charge in [-0.05, 0) is 24.6 Å². The minimum atomic E-state index is -0.964. The zero-order valence-electron chi connectivity index (χ0n) is 16.0. The van der Waals surface area contributed by atoms with Gasteiger partial charge in [-0.1, -0.05) is 0 Å². The Labute approximate surface area is 162 Å². The number of fused-ring (bicyclic) bond motifs is 1. The van der Waals surface area contributed by atoms with Crippen molar-refractivity contribution in [1.82, 2.24) is 5.32 Å². The van der Waals surface area contributed by atoms with Crippen LogP contribution in [0.2, 0.25) is 0 Å². The second kappa shape index (κ2) is 8.47. The predicted octanol–water partition coefficient (Wildman–Crippen LogP) is 1.49. The highest BCUT2D eigenvalue weighted by molar-refractivity contribution is 6.04. The first kappa shape index (κ1) is 19.9. The molecule has 0 radical (unpaired) electrons. The molecule has 0 atom stereocenters. The lowest BCUT2D eigenvalue weighted by molar-refractivity contribution is -0.144. The molecule has 0 saturated carbocycles. The summed E-state index contributed by atoms with van der Waals surface area (Å²) >= 11 is 0. The van der Waals surface area contributed by atoms with E-state index >= 15 is 0 Å². The molecule has 152 valence electrons. The number of anilines is 1. The van der Waals surface area contributed by atoms with E-state index in [4.69, 9.17) is 14.2 Å². The molecule has 1 aromatic carbocycles. The van der Waals surface area contributed by atoms with E-state index in [9.17, 15) is 14.4 Å². The number of hydrogen-bond donors (Lipinski definition) is 1. The second-order valence-electron chi connectivity index (χ2n) is 6.61. The van der Waals surface area contributed by atoms with E-state index in [1.54, 1.807) is 23.1 Å². The summed E-state index contributed by atoms with van der Waals surface area (Å²) in [6.07, 6.45) is 0.902. The van der Waals surface area contributed by atoms with Gasteiger partial charge in [0.1, 0.15) is 5.75 Å². The van der Waals surface area contributed by atoms with Gasteiger partial charge in [-0.3, -0.25) is 4.79 Å². The van der Waals surface area contributed by atoms with E-state index < -0.39 is 17.7 Å². The third-order valence-corrected chi connectivity index (χ3v) is 4.92. The fraction of sp³-hybridized carbons (Fsp3) is 0.526. The van der Waals surface area contributed by atoms with Crippen LogP contribution < -0.4 is 15.0 Å². The molecule has 1 saturated heterocycles. The number of rotatable bonds is 5. The number of esters is 1. The van der Waals surface area contributed by atoms with Crippen molar-refractivity contribution in [2.75, 3.05) is 45.4 Å². The Morgan fingerprint density at radius 2 is 1.96 bits per heavy atom. The largest absolute Gasteiger partial charge is 0.475 e. The number of hydrogen-bond acceptors (Lipinski definition) is 7. The van der Waals surface area contributed by atoms with Crippen LogP contribution in [0.1, 0.15) is 29.6 Å². The van der Waals surface area contributed by atoms with Crippen molar-refractivity contribution in [2.24, 2.45) is 0 Å². The quantitative estimate of drug-likeness (QED) is 0.598. The summed E-state index contributed by atoms with van der Waals surface area (Å²) in [5.41, 5.74) is -0.116. The summed E-state index contributed by atoms with van der Waals surface area (Å²) < 4.78 is 20.8. The van der Waals surface area contributed by atoms with Gasteiger partial charge >= 0.3 is 12.1 Å². The highest BCUT2D eigenvalue weighted by atomic mass is 16.5. The number of benzene rings is 1. The number of carbonyl (C=O) groups excluding carboxylic acids is 3. The van der Waals surface area contributed by atoms with Crippen LogP contribution in [0.3, 0.4) is 0 Å². The molecule has 1 spiro atoms. The van der Waals surface area contributed by atoms with Gasteiger partial charge in [0.15, 0.2) is 5.60 Å². The number of amides is 2. The van der Waals surface area contributed by atoms with Gasteiger partial charge in [0.2, 0.25) is 0 Å². The van der Waals surface area contributed by atoms with Gasteiger partial charge in [0, 0.05) is 25.9 Å². The van der Waals surface area contributed by atoms with Gasteiger partial charge in [-0.15, -0.1) is 0 Å². The molecule has 2 amide bonds. The van der Waals surface area contributed by atoms with E-state index in [0.29, 0.717) is 62.6 Å². The van der Waals surface area contributed by atoms with E-state index in [0.717, 1.165) is 0 Å². The number of nitrogens with one attached hydrogen (secondary N) is 1. The second-order valence-corrected chi connectivity index (χ2v) is 6.61. The maximum Gasteiger partial charge on any atom is 0.406 e. The number of carbonyl (C=O) groups is 3. The van der Waals surface area contributed by atoms with Crippen LogP contribution in [0.15, 0.2) is 18.2 Å². The van der Waals surface area contributed by atoms with Gasteiger partial charge < -0.3 is 29.2 Å². The van der Waals surface area contributed by atoms with Crippen LogP contribution in [0.4, 0.5) is 10.5 Å². The molecule has 2 aliphatic rings. The first-order valence-electron chi connectivity index (χ1n) is 9.13. The van der Waals surface area contributed by atoms with Gasteiger partial charge in [0.25, 0.3) is 5.91 Å². The van der Waals surface area contributed by atoms with Crippen molar-refractivity contribution >= 4 is 23.7 Å². The molecule has 3 rings (SSSR count). The van der Waals surface area contributed by atoms with Crippen LogP contribution in [0.5, 0.6) is 5.75 Å². The molecule has 2 aliphatic heterocycles. The minimum Gasteiger partial charge on any atom is -0.475 e. The summed E-state index contributed by atoms with van der Waals surface area (Å²) in [4.78, 5) is 38.1. The van der Waals surface area contributed by atoms with Gasteiger partial charge in [-0.25, -0.2) is 9.59 Å². The molecule has 0 unspecified atom stereocenters. The van der Waals surface area contributed by atoms with E-state index in [-0.39, 0.29) is 5.91 Å². The van der Waals surface area contributed by atoms with Crippen LogP contribution in [-0.2, 0) is 19.0 Å². The number of alkyl carbamates (subject to hydrolysis) is 1. The SMILES string of the molecule is COC(=O)NCCCN1C(=O)C2(CCOCC2)Oc2ccc(C(=O)OC)cc21. The zero-order valence-corrected chi connectivity index (χ0v) is 16.0. The molecule has 2 heterocycles. The van der Waals surface area contributed by atoms with Crippen LogP contribution in [-0.4, -0.2) is 64.1 Å². The smallest absolute Gasteiger partial charge is 0.406 e. The molecule has 1 N–H and O–H groups in total. The molecule has 28 heavy (non-hydrogen) atoms. The molecule has 0 aromatic heterocycles. The lowest BCUT2D eigenvalue weighted by Gasteiger charge is -2.44. The Hall–Kier alpha value is -2.81. The zero-order chi connectivity index (χ0) is 20.1. The Morgan fingerprint density at radius 1 is 1.21 bits per heavy atom. The van der Waals surface area contributed by atoms with E-state index in [1.807, 2.05) is 0 Å². The van der Waals surface area contributed by atoms with Crippen molar-refractivity contribution < 1.29 is 33.3 Å². The molecule has 9 heteroatoms. The number of ether oxygens (including phenoxy) is 4. The van der Waals surface area contributed by atoms with Gasteiger partial charge in [0.05, 0.1) is 38.7 Å². The predicted molar refractivity (Wildman–Crippen MR) is 98.6 cm³/mol. The number of nitrogens with zero attached hydrogens (tertiary/aromatic N) is 1. The Morgan fingerprint density at radius 3 is 2.64 bits per heavy atom. The summed E-state index contributed by atoms with van der Waals surface area (Å²) in [6, 6.07) is 4.90. The first-order chi connectivity index (χ1) is 13.5. The molecular weight excluding hydrogens is 368 g/mol. The number of methoxy groups -OCH3 is 2. The summed E-state index contributed by atoms with van der Waals surface area (Å²) in [7, 11) is 2.59. The third-order valence-electron chi connectivity index (χ3n) is 4.92. The van der Waals surface area contributed by atoms with E-state index in [1.165, 1.54) is 14.2 Å². The standard InChI is InChI=1S/C19H24N2O7/c1-25-16(22)13-4-5-15-14(12-13)21(9-3-8-20-18(24)26-2)17(23)19(28-15)6-10-27-11-7-19/h4-5,12H,3,6-11H2,1-2H3,(H,20,24). The van der Waals surface area contributed by atoms with Crippen molar-refractivity contribution in [3.05, 3.63) is 23.8 Å². The minimum absolute atomic E-state index is 0.164. The van der Waals surface area contributed by atoms with Crippen LogP contribution in [0.25, 0.3) is 0 Å². The highest BCUT2D eigenvalue weighted by Crippen LogP contribution is 2.42. The fourth-order valence-corrected chi connectivity index (χ4v) is 3.41. The monoisotopic (exact) mass is 392 g/mol. The topological polar surface area (TPSA) is 103 Å². The maximum absolute atomic E-state index is 13.3. The Bertz CT molecular complexity index is 759. The summed E-state index contributed by atoms with van der Waals surface area (Å²) in [5.74, 6) is -0.118. The highest BCUT2D eigenvalue weighted by Gasteiger charge is 2.49. The average Bonchev–Trinajstić information content (AvgIpc) is 2.73. The van der Waals surface area contributed by atoms with Crippen molar-refractivity contribution in [2.45, 2.75) is 24.9 Å². The Kier molecular flexibility index (Phi) is 6.03. The molecule has 1 fully saturated rings. The van der Waals surface area contributed by atoms with E-state index in [2.05, 4.69) is 10.1 Å². The average molecular weight is 392 g/mol. The molecule has 0 bridgehead atoms. The lowest BCUT2D eigenvalue weighted by atomic mass is 9.90. The molecular formula is C19H24N2O7. The molecule has 0 aliphatic carbocycles. The van der Waals surface area contributed by atoms with Crippen molar-refractivity contribution in [3.63, 3.8) is 0 Å². The third kappa shape index (κ3) is 3.89. The van der Waals surface area contributed by atoms with Crippen LogP contribution >= 0.6 is 0 Å².